The van der Waals surface area contributed by atoms with Gasteiger partial charge in [0.2, 0.25) is 0 Å². The highest BCUT2D eigenvalue weighted by Gasteiger charge is 2.07. The van der Waals surface area contributed by atoms with Gasteiger partial charge >= 0.3 is 12.0 Å². The van der Waals surface area contributed by atoms with Crippen LogP contribution >= 0.6 is 0 Å². The molecule has 0 amide bonds. The van der Waals surface area contributed by atoms with Crippen molar-refractivity contribution in [3.05, 3.63) is 23.8 Å². The van der Waals surface area contributed by atoms with Gasteiger partial charge in [-0.05, 0) is 6.92 Å². The zero-order valence-corrected chi connectivity index (χ0v) is 8.95. The molecular weight excluding hydrogens is 210 g/mol. The smallest absolute Gasteiger partial charge is 0.343 e. The third-order valence-electron chi connectivity index (χ3n) is 1.99. The Labute approximate surface area is 91.8 Å². The van der Waals surface area contributed by atoms with Crippen LogP contribution in [0.25, 0.3) is 0 Å². The fraction of sp³-hybridized carbons (Fsp3) is 0.333. The Bertz CT molecular complexity index is 496. The van der Waals surface area contributed by atoms with Crippen molar-refractivity contribution in [2.75, 3.05) is 0 Å². The molecule has 2 aromatic rings. The number of rotatable bonds is 3. The third kappa shape index (κ3) is 2.14. The molecule has 0 saturated heterocycles. The van der Waals surface area contributed by atoms with Crippen LogP contribution in [0, 0.1) is 6.92 Å². The standard InChI is InChI=1S/C9H11N5O2/c1-6-7(4-15)3-10-8(12-6)16-9-11-5-14(2)13-9/h3,5,15H,4H2,1-2H3. The number of aryl methyl sites for hydroxylation is 2. The van der Waals surface area contributed by atoms with Gasteiger partial charge in [0.25, 0.3) is 0 Å². The molecule has 0 spiro atoms. The van der Waals surface area contributed by atoms with Crippen molar-refractivity contribution < 1.29 is 9.84 Å². The minimum Gasteiger partial charge on any atom is -0.392 e. The van der Waals surface area contributed by atoms with Gasteiger partial charge in [-0.1, -0.05) is 0 Å². The molecule has 2 heterocycles. The Morgan fingerprint density at radius 1 is 1.38 bits per heavy atom. The van der Waals surface area contributed by atoms with Crippen LogP contribution < -0.4 is 4.74 Å². The summed E-state index contributed by atoms with van der Waals surface area (Å²) >= 11 is 0. The summed E-state index contributed by atoms with van der Waals surface area (Å²) in [6.45, 7) is 1.68. The average Bonchev–Trinajstić information content (AvgIpc) is 2.64. The molecule has 0 radical (unpaired) electrons. The lowest BCUT2D eigenvalue weighted by molar-refractivity contribution is 0.279. The monoisotopic (exact) mass is 221 g/mol. The second kappa shape index (κ2) is 4.23. The van der Waals surface area contributed by atoms with Crippen molar-refractivity contribution in [1.82, 2.24) is 24.7 Å². The van der Waals surface area contributed by atoms with E-state index in [-0.39, 0.29) is 18.6 Å². The van der Waals surface area contributed by atoms with E-state index in [1.54, 1.807) is 14.0 Å². The molecule has 0 aliphatic heterocycles. The van der Waals surface area contributed by atoms with E-state index in [1.807, 2.05) is 0 Å². The topological polar surface area (TPSA) is 86.0 Å². The third-order valence-corrected chi connectivity index (χ3v) is 1.99. The average molecular weight is 221 g/mol. The summed E-state index contributed by atoms with van der Waals surface area (Å²) in [7, 11) is 1.74. The zero-order chi connectivity index (χ0) is 11.5. The molecule has 0 aliphatic rings. The fourth-order valence-electron chi connectivity index (χ4n) is 1.12. The number of aromatic nitrogens is 5. The summed E-state index contributed by atoms with van der Waals surface area (Å²) in [5.74, 6) is 0. The van der Waals surface area contributed by atoms with Gasteiger partial charge in [0.15, 0.2) is 0 Å². The Kier molecular flexibility index (Phi) is 2.78. The Hall–Kier alpha value is -2.02. The second-order valence-corrected chi connectivity index (χ2v) is 3.22. The van der Waals surface area contributed by atoms with Crippen molar-refractivity contribution in [2.24, 2.45) is 7.05 Å². The SMILES string of the molecule is Cc1nc(Oc2ncn(C)n2)ncc1CO. The summed E-state index contributed by atoms with van der Waals surface area (Å²) in [6.07, 6.45) is 3.03. The van der Waals surface area contributed by atoms with Crippen molar-refractivity contribution in [3.63, 3.8) is 0 Å². The zero-order valence-electron chi connectivity index (χ0n) is 8.95. The van der Waals surface area contributed by atoms with Crippen molar-refractivity contribution in [3.8, 4) is 12.0 Å². The number of ether oxygens (including phenoxy) is 1. The van der Waals surface area contributed by atoms with Gasteiger partial charge in [-0.15, -0.1) is 5.10 Å². The largest absolute Gasteiger partial charge is 0.392 e. The highest BCUT2D eigenvalue weighted by atomic mass is 16.5. The van der Waals surface area contributed by atoms with E-state index in [0.717, 1.165) is 0 Å². The van der Waals surface area contributed by atoms with Crippen LogP contribution in [0.4, 0.5) is 0 Å². The Morgan fingerprint density at radius 2 is 2.19 bits per heavy atom. The van der Waals surface area contributed by atoms with Gasteiger partial charge in [-0.3, -0.25) is 4.68 Å². The van der Waals surface area contributed by atoms with Crippen molar-refractivity contribution >= 4 is 0 Å². The molecule has 0 bridgehead atoms. The maximum absolute atomic E-state index is 8.95. The minimum atomic E-state index is -0.0893. The van der Waals surface area contributed by atoms with E-state index in [1.165, 1.54) is 17.2 Å². The lowest BCUT2D eigenvalue weighted by atomic mass is 10.3. The van der Waals surface area contributed by atoms with Crippen LogP contribution in [0.5, 0.6) is 12.0 Å². The first-order chi connectivity index (χ1) is 7.69. The summed E-state index contributed by atoms with van der Waals surface area (Å²) in [6, 6.07) is 0.361. The molecular formula is C9H11N5O2. The van der Waals surface area contributed by atoms with E-state index < -0.39 is 0 Å². The van der Waals surface area contributed by atoms with Crippen LogP contribution in [-0.4, -0.2) is 29.8 Å². The second-order valence-electron chi connectivity index (χ2n) is 3.22. The van der Waals surface area contributed by atoms with E-state index >= 15 is 0 Å². The van der Waals surface area contributed by atoms with E-state index in [4.69, 9.17) is 9.84 Å². The molecule has 1 N–H and O–H groups in total. The normalized spacial score (nSPS) is 10.4. The maximum atomic E-state index is 8.95. The minimum absolute atomic E-state index is 0.0893. The number of hydrogen-bond donors (Lipinski definition) is 1. The first kappa shape index (κ1) is 10.5. The quantitative estimate of drug-likeness (QED) is 0.796. The molecule has 0 unspecified atom stereocenters. The van der Waals surface area contributed by atoms with Crippen LogP contribution in [0.1, 0.15) is 11.3 Å². The molecule has 0 aliphatic carbocycles. The van der Waals surface area contributed by atoms with Crippen LogP contribution in [-0.2, 0) is 13.7 Å². The molecule has 0 fully saturated rings. The summed E-state index contributed by atoms with van der Waals surface area (Å²) in [4.78, 5) is 11.9. The van der Waals surface area contributed by atoms with Crippen LogP contribution in [0.2, 0.25) is 0 Å². The summed E-state index contributed by atoms with van der Waals surface area (Å²) in [5.41, 5.74) is 1.34. The van der Waals surface area contributed by atoms with E-state index in [9.17, 15) is 0 Å². The molecule has 16 heavy (non-hydrogen) atoms. The number of aliphatic hydroxyl groups is 1. The Morgan fingerprint density at radius 3 is 2.75 bits per heavy atom. The molecule has 2 aromatic heterocycles. The van der Waals surface area contributed by atoms with Crippen molar-refractivity contribution in [1.29, 1.82) is 0 Å². The van der Waals surface area contributed by atoms with Crippen LogP contribution in [0.3, 0.4) is 0 Å². The molecule has 84 valence electrons. The van der Waals surface area contributed by atoms with E-state index in [0.29, 0.717) is 11.3 Å². The first-order valence-corrected chi connectivity index (χ1v) is 4.66. The molecule has 2 rings (SSSR count). The fourth-order valence-corrected chi connectivity index (χ4v) is 1.12. The maximum Gasteiger partial charge on any atom is 0.343 e. The lowest BCUT2D eigenvalue weighted by Gasteiger charge is -2.02. The highest BCUT2D eigenvalue weighted by Crippen LogP contribution is 2.13. The number of hydrogen-bond acceptors (Lipinski definition) is 6. The predicted octanol–water partition coefficient (Wildman–Crippen LogP) is 0.198. The molecule has 7 heteroatoms. The lowest BCUT2D eigenvalue weighted by Crippen LogP contribution is -1.99. The van der Waals surface area contributed by atoms with Crippen molar-refractivity contribution in [2.45, 2.75) is 13.5 Å². The summed E-state index contributed by atoms with van der Waals surface area (Å²) in [5, 5.41) is 12.9. The first-order valence-electron chi connectivity index (χ1n) is 4.66. The Balaban J connectivity index is 2.19. The molecule has 7 nitrogen and oxygen atoms in total. The van der Waals surface area contributed by atoms with Gasteiger partial charge in [0.05, 0.1) is 12.3 Å². The van der Waals surface area contributed by atoms with Gasteiger partial charge < -0.3 is 9.84 Å². The summed E-state index contributed by atoms with van der Waals surface area (Å²) < 4.78 is 6.75. The van der Waals surface area contributed by atoms with Gasteiger partial charge in [-0.2, -0.15) is 9.97 Å². The molecule has 0 aromatic carbocycles. The highest BCUT2D eigenvalue weighted by molar-refractivity contribution is 5.17. The predicted molar refractivity (Wildman–Crippen MR) is 53.8 cm³/mol. The molecule has 0 saturated carbocycles. The van der Waals surface area contributed by atoms with Gasteiger partial charge in [-0.25, -0.2) is 4.98 Å². The number of nitrogens with zero attached hydrogens (tertiary/aromatic N) is 5. The molecule has 0 atom stereocenters. The van der Waals surface area contributed by atoms with E-state index in [2.05, 4.69) is 20.1 Å². The van der Waals surface area contributed by atoms with Gasteiger partial charge in [0, 0.05) is 18.8 Å². The number of aliphatic hydroxyl groups excluding tert-OH is 1. The van der Waals surface area contributed by atoms with Gasteiger partial charge in [0.1, 0.15) is 6.33 Å². The van der Waals surface area contributed by atoms with Crippen LogP contribution in [0.15, 0.2) is 12.5 Å².